The Morgan fingerprint density at radius 1 is 1.05 bits per heavy atom. The molecule has 1 aromatic carbocycles. The van der Waals surface area contributed by atoms with Crippen molar-refractivity contribution < 1.29 is 18.9 Å². The maximum atomic E-state index is 6.13. The van der Waals surface area contributed by atoms with Gasteiger partial charge in [-0.05, 0) is 0 Å². The molecular formula is C16H18O4. The zero-order chi connectivity index (χ0) is 13.5. The van der Waals surface area contributed by atoms with Crippen molar-refractivity contribution >= 4 is 0 Å². The van der Waals surface area contributed by atoms with Crippen molar-refractivity contribution in [3.8, 4) is 0 Å². The van der Waals surface area contributed by atoms with Gasteiger partial charge < -0.3 is 18.9 Å². The molecule has 0 aromatic heterocycles. The summed E-state index contributed by atoms with van der Waals surface area (Å²) < 4.78 is 23.6. The van der Waals surface area contributed by atoms with Crippen LogP contribution in [0, 0.1) is 5.92 Å². The largest absolute Gasteiger partial charge is 0.493 e. The van der Waals surface area contributed by atoms with Gasteiger partial charge in [0, 0.05) is 17.1 Å². The molecule has 0 N–H and O–H groups in total. The van der Waals surface area contributed by atoms with Gasteiger partial charge in [-0.1, -0.05) is 37.3 Å². The number of ether oxygens (including phenoxy) is 4. The van der Waals surface area contributed by atoms with E-state index in [1.807, 2.05) is 36.6 Å². The highest BCUT2D eigenvalue weighted by atomic mass is 16.7. The van der Waals surface area contributed by atoms with Crippen LogP contribution >= 0.6 is 0 Å². The molecule has 0 saturated carbocycles. The van der Waals surface area contributed by atoms with Crippen LogP contribution in [0.15, 0.2) is 42.2 Å². The quantitative estimate of drug-likeness (QED) is 0.788. The molecule has 0 radical (unpaired) electrons. The fraction of sp³-hybridized carbons (Fsp3) is 0.500. The molecule has 4 rings (SSSR count). The van der Waals surface area contributed by atoms with Crippen molar-refractivity contribution in [3.63, 3.8) is 0 Å². The Balaban J connectivity index is 1.57. The van der Waals surface area contributed by atoms with E-state index in [2.05, 4.69) is 6.92 Å². The van der Waals surface area contributed by atoms with Gasteiger partial charge in [-0.3, -0.25) is 0 Å². The molecule has 2 saturated heterocycles. The van der Waals surface area contributed by atoms with E-state index in [1.54, 1.807) is 0 Å². The second kappa shape index (κ2) is 4.88. The van der Waals surface area contributed by atoms with Crippen LogP contribution in [0.4, 0.5) is 0 Å². The van der Waals surface area contributed by atoms with E-state index in [9.17, 15) is 0 Å². The molecule has 3 aliphatic heterocycles. The van der Waals surface area contributed by atoms with Gasteiger partial charge >= 0.3 is 0 Å². The number of hydrogen-bond donors (Lipinski definition) is 0. The normalized spacial score (nSPS) is 39.5. The highest BCUT2D eigenvalue weighted by Gasteiger charge is 2.47. The first-order chi connectivity index (χ1) is 9.83. The smallest absolute Gasteiger partial charge is 0.184 e. The highest BCUT2D eigenvalue weighted by Crippen LogP contribution is 2.39. The topological polar surface area (TPSA) is 36.9 Å². The summed E-state index contributed by atoms with van der Waals surface area (Å²) >= 11 is 0. The summed E-state index contributed by atoms with van der Waals surface area (Å²) in [5, 5.41) is 0. The summed E-state index contributed by atoms with van der Waals surface area (Å²) in [5.74, 6) is 0.405. The minimum atomic E-state index is -0.333. The predicted octanol–water partition coefficient (Wildman–Crippen LogP) is 2.42. The summed E-state index contributed by atoms with van der Waals surface area (Å²) in [7, 11) is 0. The molecular weight excluding hydrogens is 256 g/mol. The van der Waals surface area contributed by atoms with Crippen molar-refractivity contribution in [2.45, 2.75) is 31.5 Å². The lowest BCUT2D eigenvalue weighted by molar-refractivity contribution is -0.278. The van der Waals surface area contributed by atoms with Gasteiger partial charge in [0.05, 0.1) is 19.5 Å². The van der Waals surface area contributed by atoms with E-state index in [0.717, 1.165) is 12.2 Å². The van der Waals surface area contributed by atoms with Crippen LogP contribution in [0.2, 0.25) is 0 Å². The monoisotopic (exact) mass is 274 g/mol. The zero-order valence-electron chi connectivity index (χ0n) is 11.4. The van der Waals surface area contributed by atoms with Crippen LogP contribution < -0.4 is 0 Å². The molecule has 0 amide bonds. The van der Waals surface area contributed by atoms with Crippen LogP contribution in [0.1, 0.15) is 18.8 Å². The first-order valence-electron chi connectivity index (χ1n) is 7.12. The van der Waals surface area contributed by atoms with Gasteiger partial charge in [0.15, 0.2) is 12.4 Å². The SMILES string of the molecule is C[C@H]1CO[C@@H]2C1=CO[C@@H]1CO[C@@H](c3ccccc3)O[C@@H]21. The number of fused-ring (bicyclic) bond motifs is 3. The lowest BCUT2D eigenvalue weighted by Crippen LogP contribution is -2.50. The third-order valence-electron chi connectivity index (χ3n) is 4.23. The molecule has 0 spiro atoms. The van der Waals surface area contributed by atoms with E-state index >= 15 is 0 Å². The fourth-order valence-corrected chi connectivity index (χ4v) is 3.07. The number of rotatable bonds is 1. The first kappa shape index (κ1) is 12.4. The standard InChI is InChI=1S/C16H18O4/c1-10-7-18-14-12(10)8-17-13-9-19-16(20-15(13)14)11-5-3-2-4-6-11/h2-6,8,10,13-16H,7,9H2,1H3/t10-,13+,14+,15+,16+/m0/s1. The minimum Gasteiger partial charge on any atom is -0.493 e. The Labute approximate surface area is 118 Å². The van der Waals surface area contributed by atoms with E-state index < -0.39 is 0 Å². The third-order valence-corrected chi connectivity index (χ3v) is 4.23. The maximum Gasteiger partial charge on any atom is 0.184 e. The molecule has 0 aliphatic carbocycles. The molecule has 0 unspecified atom stereocenters. The lowest BCUT2D eigenvalue weighted by atomic mass is 9.93. The molecule has 1 aromatic rings. The predicted molar refractivity (Wildman–Crippen MR) is 71.9 cm³/mol. The summed E-state index contributed by atoms with van der Waals surface area (Å²) in [6.07, 6.45) is 1.37. The first-order valence-corrected chi connectivity index (χ1v) is 7.12. The Morgan fingerprint density at radius 3 is 2.75 bits per heavy atom. The Hall–Kier alpha value is -1.36. The van der Waals surface area contributed by atoms with Crippen LogP contribution in [0.3, 0.4) is 0 Å². The van der Waals surface area contributed by atoms with Crippen molar-refractivity contribution in [2.75, 3.05) is 13.2 Å². The molecule has 5 atom stereocenters. The Kier molecular flexibility index (Phi) is 3.02. The van der Waals surface area contributed by atoms with Crippen molar-refractivity contribution in [1.29, 1.82) is 0 Å². The fourth-order valence-electron chi connectivity index (χ4n) is 3.07. The average Bonchev–Trinajstić information content (AvgIpc) is 2.89. The van der Waals surface area contributed by atoms with Gasteiger partial charge in [0.25, 0.3) is 0 Å². The summed E-state index contributed by atoms with van der Waals surface area (Å²) in [4.78, 5) is 0. The van der Waals surface area contributed by atoms with Gasteiger partial charge in [0.2, 0.25) is 0 Å². The van der Waals surface area contributed by atoms with E-state index in [0.29, 0.717) is 12.5 Å². The van der Waals surface area contributed by atoms with Crippen LogP contribution in [-0.2, 0) is 18.9 Å². The molecule has 3 aliphatic rings. The molecule has 4 nitrogen and oxygen atoms in total. The summed E-state index contributed by atoms with van der Waals surface area (Å²) in [5.41, 5.74) is 2.24. The van der Waals surface area contributed by atoms with E-state index in [1.165, 1.54) is 5.57 Å². The van der Waals surface area contributed by atoms with Gasteiger partial charge in [-0.15, -0.1) is 0 Å². The van der Waals surface area contributed by atoms with Crippen molar-refractivity contribution in [1.82, 2.24) is 0 Å². The van der Waals surface area contributed by atoms with Gasteiger partial charge in [-0.2, -0.15) is 0 Å². The van der Waals surface area contributed by atoms with E-state index in [4.69, 9.17) is 18.9 Å². The summed E-state index contributed by atoms with van der Waals surface area (Å²) in [6, 6.07) is 10.0. The van der Waals surface area contributed by atoms with E-state index in [-0.39, 0.29) is 24.6 Å². The second-order valence-corrected chi connectivity index (χ2v) is 5.62. The average molecular weight is 274 g/mol. The summed E-state index contributed by atoms with van der Waals surface area (Å²) in [6.45, 7) is 3.43. The second-order valence-electron chi connectivity index (χ2n) is 5.62. The Morgan fingerprint density at radius 2 is 1.90 bits per heavy atom. The van der Waals surface area contributed by atoms with Gasteiger partial charge in [-0.25, -0.2) is 0 Å². The molecule has 3 heterocycles. The van der Waals surface area contributed by atoms with Crippen LogP contribution in [-0.4, -0.2) is 31.5 Å². The third kappa shape index (κ3) is 1.95. The van der Waals surface area contributed by atoms with Crippen LogP contribution in [0.25, 0.3) is 0 Å². The van der Waals surface area contributed by atoms with Gasteiger partial charge in [0.1, 0.15) is 12.2 Å². The number of benzene rings is 1. The molecule has 106 valence electrons. The van der Waals surface area contributed by atoms with Crippen LogP contribution in [0.5, 0.6) is 0 Å². The number of hydrogen-bond acceptors (Lipinski definition) is 4. The molecule has 0 bridgehead atoms. The van der Waals surface area contributed by atoms with Crippen molar-refractivity contribution in [3.05, 3.63) is 47.7 Å². The molecule has 20 heavy (non-hydrogen) atoms. The molecule has 2 fully saturated rings. The Bertz CT molecular complexity index is 512. The lowest BCUT2D eigenvalue weighted by Gasteiger charge is -2.41. The maximum absolute atomic E-state index is 6.13. The minimum absolute atomic E-state index is 0.0128. The highest BCUT2D eigenvalue weighted by molar-refractivity contribution is 5.21. The molecule has 4 heteroatoms. The van der Waals surface area contributed by atoms with Crippen molar-refractivity contribution in [2.24, 2.45) is 5.92 Å². The zero-order valence-corrected chi connectivity index (χ0v) is 11.4.